The Labute approximate surface area is 144 Å². The minimum atomic E-state index is -0.0718. The van der Waals surface area contributed by atoms with Crippen LogP contribution in [0.25, 0.3) is 0 Å². The summed E-state index contributed by atoms with van der Waals surface area (Å²) in [6, 6.07) is 9.31. The first kappa shape index (κ1) is 15.4. The van der Waals surface area contributed by atoms with E-state index in [-0.39, 0.29) is 17.4 Å². The highest BCUT2D eigenvalue weighted by molar-refractivity contribution is 5.69. The molecule has 0 bridgehead atoms. The Morgan fingerprint density at radius 2 is 2.16 bits per heavy atom. The Balaban J connectivity index is 1.72. The lowest BCUT2D eigenvalue weighted by Gasteiger charge is -2.29. The summed E-state index contributed by atoms with van der Waals surface area (Å²) in [6.45, 7) is 0.594. The first-order valence-electron chi connectivity index (χ1n) is 8.09. The Hall–Kier alpha value is -3.15. The standard InChI is InChI=1S/C19H17N3O3/c20-4-1-5-21-13-2-3-14-18(8-13)25-10-12-6-11-7-16(22-24)17(23)9-15(11)19(12)14/h1-5,7-9,12,19-21,23H,6,10H2/b5-1-,20-4?/t12?,19-/m0/s1. The predicted octanol–water partition coefficient (Wildman–Crippen LogP) is 4.06. The molecule has 0 saturated carbocycles. The number of ether oxygens (including phenoxy) is 1. The Morgan fingerprint density at radius 3 is 2.96 bits per heavy atom. The first-order chi connectivity index (χ1) is 12.2. The van der Waals surface area contributed by atoms with Crippen LogP contribution >= 0.6 is 0 Å². The fraction of sp³-hybridized carbons (Fsp3) is 0.211. The molecule has 1 heterocycles. The molecule has 0 radical (unpaired) electrons. The van der Waals surface area contributed by atoms with E-state index in [0.29, 0.717) is 12.5 Å². The maximum Gasteiger partial charge on any atom is 0.149 e. The summed E-state index contributed by atoms with van der Waals surface area (Å²) in [5, 5.41) is 23.0. The summed E-state index contributed by atoms with van der Waals surface area (Å²) in [5.41, 5.74) is 4.16. The molecule has 0 fully saturated rings. The zero-order valence-electron chi connectivity index (χ0n) is 13.4. The van der Waals surface area contributed by atoms with E-state index in [1.807, 2.05) is 18.2 Å². The highest BCUT2D eigenvalue weighted by Gasteiger charge is 2.39. The van der Waals surface area contributed by atoms with Crippen molar-refractivity contribution in [3.05, 3.63) is 64.2 Å². The monoisotopic (exact) mass is 335 g/mol. The van der Waals surface area contributed by atoms with Gasteiger partial charge in [0.05, 0.1) is 6.61 Å². The van der Waals surface area contributed by atoms with Gasteiger partial charge in [0.15, 0.2) is 0 Å². The molecular formula is C19H17N3O3. The summed E-state index contributed by atoms with van der Waals surface area (Å²) >= 11 is 0. The highest BCUT2D eigenvalue weighted by atomic mass is 16.5. The molecule has 2 atom stereocenters. The van der Waals surface area contributed by atoms with Crippen molar-refractivity contribution in [2.24, 2.45) is 11.1 Å². The van der Waals surface area contributed by atoms with Crippen molar-refractivity contribution in [2.45, 2.75) is 12.3 Å². The minimum absolute atomic E-state index is 0.0718. The smallest absolute Gasteiger partial charge is 0.149 e. The van der Waals surface area contributed by atoms with E-state index in [4.69, 9.17) is 10.1 Å². The van der Waals surface area contributed by atoms with Crippen molar-refractivity contribution in [1.29, 1.82) is 5.41 Å². The van der Waals surface area contributed by atoms with Gasteiger partial charge >= 0.3 is 0 Å². The van der Waals surface area contributed by atoms with Gasteiger partial charge in [0, 0.05) is 41.6 Å². The van der Waals surface area contributed by atoms with Gasteiger partial charge in [-0.15, -0.1) is 4.91 Å². The third kappa shape index (κ3) is 2.55. The summed E-state index contributed by atoms with van der Waals surface area (Å²) in [6.07, 6.45) is 5.31. The average molecular weight is 335 g/mol. The Kier molecular flexibility index (Phi) is 3.72. The molecule has 6 heteroatoms. The number of aromatic hydroxyl groups is 1. The maximum absolute atomic E-state index is 10.8. The van der Waals surface area contributed by atoms with E-state index in [2.05, 4.69) is 10.5 Å². The van der Waals surface area contributed by atoms with Crippen molar-refractivity contribution in [1.82, 2.24) is 0 Å². The topological polar surface area (TPSA) is 94.8 Å². The molecule has 0 saturated heterocycles. The van der Waals surface area contributed by atoms with Gasteiger partial charge in [-0.2, -0.15) is 0 Å². The molecule has 1 aliphatic heterocycles. The number of fused-ring (bicyclic) bond motifs is 5. The summed E-state index contributed by atoms with van der Waals surface area (Å²) < 4.78 is 5.95. The van der Waals surface area contributed by atoms with E-state index in [9.17, 15) is 10.0 Å². The van der Waals surface area contributed by atoms with Crippen LogP contribution in [0, 0.1) is 16.2 Å². The molecule has 126 valence electrons. The lowest BCUT2D eigenvalue weighted by Crippen LogP contribution is -2.23. The predicted molar refractivity (Wildman–Crippen MR) is 96.1 cm³/mol. The van der Waals surface area contributed by atoms with Crippen molar-refractivity contribution >= 4 is 17.6 Å². The van der Waals surface area contributed by atoms with Crippen molar-refractivity contribution < 1.29 is 9.84 Å². The molecule has 25 heavy (non-hydrogen) atoms. The molecule has 4 rings (SSSR count). The number of rotatable bonds is 4. The largest absolute Gasteiger partial charge is 0.506 e. The summed E-state index contributed by atoms with van der Waals surface area (Å²) in [7, 11) is 0. The number of phenolic OH excluding ortho intramolecular Hbond substituents is 1. The van der Waals surface area contributed by atoms with Gasteiger partial charge in [-0.1, -0.05) is 6.07 Å². The number of nitrogens with one attached hydrogen (secondary N) is 2. The van der Waals surface area contributed by atoms with Gasteiger partial charge < -0.3 is 20.6 Å². The number of phenols is 1. The number of hydrogen-bond donors (Lipinski definition) is 3. The third-order valence-corrected chi connectivity index (χ3v) is 4.87. The van der Waals surface area contributed by atoms with Crippen molar-refractivity contribution in [3.8, 4) is 11.5 Å². The van der Waals surface area contributed by atoms with Crippen LogP contribution < -0.4 is 10.1 Å². The molecule has 0 amide bonds. The second-order valence-electron chi connectivity index (χ2n) is 6.31. The highest BCUT2D eigenvalue weighted by Crippen LogP contribution is 2.51. The van der Waals surface area contributed by atoms with Crippen LogP contribution in [0.5, 0.6) is 11.5 Å². The number of nitrogens with zero attached hydrogens (tertiary/aromatic N) is 1. The van der Waals surface area contributed by atoms with Gasteiger partial charge in [-0.3, -0.25) is 0 Å². The van der Waals surface area contributed by atoms with Crippen LogP contribution in [-0.4, -0.2) is 17.9 Å². The van der Waals surface area contributed by atoms with E-state index in [1.165, 1.54) is 6.21 Å². The Bertz CT molecular complexity index is 892. The molecule has 2 aromatic carbocycles. The lowest BCUT2D eigenvalue weighted by atomic mass is 9.84. The van der Waals surface area contributed by atoms with E-state index >= 15 is 0 Å². The molecule has 1 unspecified atom stereocenters. The van der Waals surface area contributed by atoms with Gasteiger partial charge in [-0.05, 0) is 47.0 Å². The number of allylic oxidation sites excluding steroid dienone is 1. The minimum Gasteiger partial charge on any atom is -0.506 e. The molecule has 6 nitrogen and oxygen atoms in total. The molecule has 0 aromatic heterocycles. The van der Waals surface area contributed by atoms with Crippen LogP contribution in [0.3, 0.4) is 0 Å². The van der Waals surface area contributed by atoms with Crippen molar-refractivity contribution in [2.75, 3.05) is 11.9 Å². The molecule has 2 aromatic rings. The number of hydrogen-bond acceptors (Lipinski definition) is 6. The molecule has 1 aliphatic carbocycles. The maximum atomic E-state index is 10.8. The second-order valence-corrected chi connectivity index (χ2v) is 6.31. The van der Waals surface area contributed by atoms with Crippen LogP contribution in [0.2, 0.25) is 0 Å². The normalized spacial score (nSPS) is 20.3. The van der Waals surface area contributed by atoms with Crippen LogP contribution in [0.15, 0.2) is 47.8 Å². The van der Waals surface area contributed by atoms with E-state index < -0.39 is 0 Å². The fourth-order valence-corrected chi connectivity index (χ4v) is 3.80. The summed E-state index contributed by atoms with van der Waals surface area (Å²) in [5.74, 6) is 1.19. The fourth-order valence-electron chi connectivity index (χ4n) is 3.80. The number of benzene rings is 2. The summed E-state index contributed by atoms with van der Waals surface area (Å²) in [4.78, 5) is 10.8. The van der Waals surface area contributed by atoms with Gasteiger partial charge in [0.25, 0.3) is 0 Å². The van der Waals surface area contributed by atoms with Crippen LogP contribution in [0.1, 0.15) is 22.6 Å². The molecule has 0 spiro atoms. The molecular weight excluding hydrogens is 318 g/mol. The Morgan fingerprint density at radius 1 is 1.28 bits per heavy atom. The lowest BCUT2D eigenvalue weighted by molar-refractivity contribution is 0.215. The van der Waals surface area contributed by atoms with Crippen molar-refractivity contribution in [3.63, 3.8) is 0 Å². The zero-order chi connectivity index (χ0) is 17.4. The SMILES string of the molecule is N=C/C=C\Nc1ccc2c(c1)OCC1Cc3cc(N=O)c(O)cc3[C@H]21. The second kappa shape index (κ2) is 6.05. The van der Waals surface area contributed by atoms with Crippen LogP contribution in [0.4, 0.5) is 11.4 Å². The first-order valence-corrected chi connectivity index (χ1v) is 8.09. The van der Waals surface area contributed by atoms with Gasteiger partial charge in [0.2, 0.25) is 0 Å². The molecule has 3 N–H and O–H groups in total. The van der Waals surface area contributed by atoms with E-state index in [1.54, 1.807) is 24.4 Å². The third-order valence-electron chi connectivity index (χ3n) is 4.87. The number of anilines is 1. The number of nitroso groups, excluding NO2 is 1. The quantitative estimate of drug-likeness (QED) is 0.580. The average Bonchev–Trinajstić information content (AvgIpc) is 2.98. The van der Waals surface area contributed by atoms with Gasteiger partial charge in [-0.25, -0.2) is 0 Å². The zero-order valence-corrected chi connectivity index (χ0v) is 13.4. The molecule has 2 aliphatic rings. The van der Waals surface area contributed by atoms with Gasteiger partial charge in [0.1, 0.15) is 17.2 Å². The van der Waals surface area contributed by atoms with Crippen LogP contribution in [-0.2, 0) is 6.42 Å². The van der Waals surface area contributed by atoms with E-state index in [0.717, 1.165) is 34.5 Å².